The first-order valence-electron chi connectivity index (χ1n) is 5.85. The maximum Gasteiger partial charge on any atom is 0.270 e. The monoisotopic (exact) mass is 221 g/mol. The molecule has 0 bridgehead atoms. The summed E-state index contributed by atoms with van der Waals surface area (Å²) in [5, 5.41) is 0. The molecule has 0 aromatic carbocycles. The lowest BCUT2D eigenvalue weighted by Gasteiger charge is -2.36. The number of hydrogen-bond acceptors (Lipinski definition) is 2. The number of carbonyl (C=O) groups is 1. The van der Waals surface area contributed by atoms with E-state index < -0.39 is 0 Å². The molecule has 1 aromatic rings. The molecule has 1 fully saturated rings. The Bertz CT molecular complexity index is 337. The summed E-state index contributed by atoms with van der Waals surface area (Å²) in [7, 11) is 0. The highest BCUT2D eigenvalue weighted by atomic mass is 16.2. The van der Waals surface area contributed by atoms with Crippen molar-refractivity contribution in [3.05, 3.63) is 24.0 Å². The van der Waals surface area contributed by atoms with Crippen molar-refractivity contribution in [1.82, 2.24) is 14.8 Å². The van der Waals surface area contributed by atoms with Gasteiger partial charge < -0.3 is 9.88 Å². The van der Waals surface area contributed by atoms with Crippen LogP contribution in [0.5, 0.6) is 0 Å². The molecule has 1 aromatic heterocycles. The molecule has 0 radical (unpaired) electrons. The standard InChI is InChI=1S/C12H19N3O/c1-10(2)14-6-8-15(9-7-14)12(16)11-4-3-5-13-11/h3-5,10,13H,6-9H2,1-2H3. The van der Waals surface area contributed by atoms with Gasteiger partial charge in [0.05, 0.1) is 0 Å². The Kier molecular flexibility index (Phi) is 3.29. The van der Waals surface area contributed by atoms with Crippen molar-refractivity contribution in [1.29, 1.82) is 0 Å². The zero-order valence-corrected chi connectivity index (χ0v) is 9.94. The van der Waals surface area contributed by atoms with Crippen LogP contribution in [0.1, 0.15) is 24.3 Å². The lowest BCUT2D eigenvalue weighted by atomic mass is 10.2. The maximum atomic E-state index is 12.0. The number of aromatic nitrogens is 1. The SMILES string of the molecule is CC(C)N1CCN(C(=O)c2ccc[nH]2)CC1. The van der Waals surface area contributed by atoms with Crippen LogP contribution in [0.15, 0.2) is 18.3 Å². The minimum atomic E-state index is 0.119. The van der Waals surface area contributed by atoms with Gasteiger partial charge in [-0.2, -0.15) is 0 Å². The normalized spacial score (nSPS) is 18.1. The zero-order valence-electron chi connectivity index (χ0n) is 9.94. The minimum absolute atomic E-state index is 0.119. The summed E-state index contributed by atoms with van der Waals surface area (Å²) in [4.78, 5) is 19.3. The van der Waals surface area contributed by atoms with Crippen LogP contribution in [-0.4, -0.2) is 52.9 Å². The molecule has 2 heterocycles. The maximum absolute atomic E-state index is 12.0. The fourth-order valence-electron chi connectivity index (χ4n) is 2.08. The molecular formula is C12H19N3O. The molecule has 1 N–H and O–H groups in total. The summed E-state index contributed by atoms with van der Waals surface area (Å²) in [6, 6.07) is 4.26. The lowest BCUT2D eigenvalue weighted by Crippen LogP contribution is -2.50. The molecule has 88 valence electrons. The Morgan fingerprint density at radius 1 is 1.31 bits per heavy atom. The molecule has 0 saturated carbocycles. The Balaban J connectivity index is 1.92. The number of rotatable bonds is 2. The van der Waals surface area contributed by atoms with Gasteiger partial charge in [0.15, 0.2) is 0 Å². The van der Waals surface area contributed by atoms with Crippen molar-refractivity contribution in [3.8, 4) is 0 Å². The first-order chi connectivity index (χ1) is 7.68. The van der Waals surface area contributed by atoms with E-state index in [1.54, 1.807) is 6.20 Å². The summed E-state index contributed by atoms with van der Waals surface area (Å²) in [6.07, 6.45) is 1.79. The molecule has 0 unspecified atom stereocenters. The number of carbonyl (C=O) groups excluding carboxylic acids is 1. The Morgan fingerprint density at radius 2 is 2.00 bits per heavy atom. The molecule has 0 spiro atoms. The van der Waals surface area contributed by atoms with Gasteiger partial charge in [-0.1, -0.05) is 0 Å². The second-order valence-corrected chi connectivity index (χ2v) is 4.51. The summed E-state index contributed by atoms with van der Waals surface area (Å²) in [5.74, 6) is 0.119. The summed E-state index contributed by atoms with van der Waals surface area (Å²) in [5.41, 5.74) is 0.693. The van der Waals surface area contributed by atoms with Crippen molar-refractivity contribution < 1.29 is 4.79 Å². The molecular weight excluding hydrogens is 202 g/mol. The zero-order chi connectivity index (χ0) is 11.5. The van der Waals surface area contributed by atoms with Crippen LogP contribution in [0, 0.1) is 0 Å². The average Bonchev–Trinajstić information content (AvgIpc) is 2.81. The van der Waals surface area contributed by atoms with Gasteiger partial charge >= 0.3 is 0 Å². The van der Waals surface area contributed by atoms with Crippen molar-refractivity contribution in [2.24, 2.45) is 0 Å². The van der Waals surface area contributed by atoms with Gasteiger partial charge in [-0.3, -0.25) is 9.69 Å². The van der Waals surface area contributed by atoms with E-state index in [-0.39, 0.29) is 5.91 Å². The highest BCUT2D eigenvalue weighted by Gasteiger charge is 2.23. The van der Waals surface area contributed by atoms with Crippen LogP contribution in [-0.2, 0) is 0 Å². The average molecular weight is 221 g/mol. The van der Waals surface area contributed by atoms with Gasteiger partial charge in [-0.25, -0.2) is 0 Å². The van der Waals surface area contributed by atoms with Crippen LogP contribution in [0.2, 0.25) is 0 Å². The first kappa shape index (κ1) is 11.2. The van der Waals surface area contributed by atoms with Crippen LogP contribution in [0.25, 0.3) is 0 Å². The first-order valence-corrected chi connectivity index (χ1v) is 5.85. The Hall–Kier alpha value is -1.29. The molecule has 4 nitrogen and oxygen atoms in total. The number of H-pyrrole nitrogens is 1. The summed E-state index contributed by atoms with van der Waals surface area (Å²) in [6.45, 7) is 8.01. The quantitative estimate of drug-likeness (QED) is 0.814. The van der Waals surface area contributed by atoms with E-state index in [9.17, 15) is 4.79 Å². The van der Waals surface area contributed by atoms with E-state index >= 15 is 0 Å². The second-order valence-electron chi connectivity index (χ2n) is 4.51. The van der Waals surface area contributed by atoms with E-state index in [0.717, 1.165) is 26.2 Å². The van der Waals surface area contributed by atoms with E-state index in [4.69, 9.17) is 0 Å². The van der Waals surface area contributed by atoms with Gasteiger partial charge in [0.25, 0.3) is 5.91 Å². The highest BCUT2D eigenvalue weighted by molar-refractivity contribution is 5.92. The number of piperazine rings is 1. The number of nitrogens with one attached hydrogen (secondary N) is 1. The molecule has 4 heteroatoms. The Labute approximate surface area is 96.2 Å². The van der Waals surface area contributed by atoms with Gasteiger partial charge in [0.2, 0.25) is 0 Å². The van der Waals surface area contributed by atoms with Gasteiger partial charge in [-0.15, -0.1) is 0 Å². The molecule has 1 aliphatic rings. The lowest BCUT2D eigenvalue weighted by molar-refractivity contribution is 0.0590. The van der Waals surface area contributed by atoms with Gasteiger partial charge in [-0.05, 0) is 26.0 Å². The van der Waals surface area contributed by atoms with Gasteiger partial charge in [0, 0.05) is 38.4 Å². The minimum Gasteiger partial charge on any atom is -0.357 e. The van der Waals surface area contributed by atoms with Crippen LogP contribution in [0.4, 0.5) is 0 Å². The third kappa shape index (κ3) is 2.27. The molecule has 16 heavy (non-hydrogen) atoms. The predicted molar refractivity (Wildman–Crippen MR) is 63.4 cm³/mol. The molecule has 1 aliphatic heterocycles. The van der Waals surface area contributed by atoms with Crippen LogP contribution < -0.4 is 0 Å². The molecule has 2 rings (SSSR count). The fraction of sp³-hybridized carbons (Fsp3) is 0.583. The number of nitrogens with zero attached hydrogens (tertiary/aromatic N) is 2. The summed E-state index contributed by atoms with van der Waals surface area (Å²) >= 11 is 0. The third-order valence-electron chi connectivity index (χ3n) is 3.16. The van der Waals surface area contributed by atoms with E-state index in [1.807, 2.05) is 17.0 Å². The summed E-state index contributed by atoms with van der Waals surface area (Å²) < 4.78 is 0. The highest BCUT2D eigenvalue weighted by Crippen LogP contribution is 2.09. The van der Waals surface area contributed by atoms with Crippen molar-refractivity contribution in [2.75, 3.05) is 26.2 Å². The molecule has 0 aliphatic carbocycles. The van der Waals surface area contributed by atoms with E-state index in [1.165, 1.54) is 0 Å². The van der Waals surface area contributed by atoms with Gasteiger partial charge in [0.1, 0.15) is 5.69 Å². The van der Waals surface area contributed by atoms with Crippen LogP contribution >= 0.6 is 0 Å². The Morgan fingerprint density at radius 3 is 2.50 bits per heavy atom. The molecule has 1 amide bonds. The van der Waals surface area contributed by atoms with Crippen molar-refractivity contribution in [3.63, 3.8) is 0 Å². The molecule has 1 saturated heterocycles. The van der Waals surface area contributed by atoms with Crippen molar-refractivity contribution in [2.45, 2.75) is 19.9 Å². The molecule has 0 atom stereocenters. The van der Waals surface area contributed by atoms with Crippen LogP contribution in [0.3, 0.4) is 0 Å². The number of amides is 1. The van der Waals surface area contributed by atoms with E-state index in [2.05, 4.69) is 23.7 Å². The number of aromatic amines is 1. The smallest absolute Gasteiger partial charge is 0.270 e. The second kappa shape index (κ2) is 4.70. The third-order valence-corrected chi connectivity index (χ3v) is 3.16. The van der Waals surface area contributed by atoms with E-state index in [0.29, 0.717) is 11.7 Å². The fourth-order valence-corrected chi connectivity index (χ4v) is 2.08. The predicted octanol–water partition coefficient (Wildman–Crippen LogP) is 1.18. The topological polar surface area (TPSA) is 39.3 Å². The van der Waals surface area contributed by atoms with Crippen molar-refractivity contribution >= 4 is 5.91 Å². The largest absolute Gasteiger partial charge is 0.357 e. The number of hydrogen-bond donors (Lipinski definition) is 1.